The zero-order valence-electron chi connectivity index (χ0n) is 10.3. The first-order chi connectivity index (χ1) is 8.42. The molecular formula is C11H14ClO5P. The van der Waals surface area contributed by atoms with Gasteiger partial charge in [0.1, 0.15) is 5.75 Å². The lowest BCUT2D eigenvalue weighted by Crippen LogP contribution is -2.26. The number of hydrogen-bond acceptors (Lipinski definition) is 5. The van der Waals surface area contributed by atoms with E-state index in [0.717, 1.165) is 0 Å². The molecule has 0 aliphatic rings. The summed E-state index contributed by atoms with van der Waals surface area (Å²) in [5.74, 6) is -1.45. The van der Waals surface area contributed by atoms with Gasteiger partial charge in [-0.1, -0.05) is 17.7 Å². The van der Waals surface area contributed by atoms with E-state index in [4.69, 9.17) is 25.4 Å². The van der Waals surface area contributed by atoms with Crippen LogP contribution in [-0.4, -0.2) is 25.8 Å². The number of ketones is 1. The minimum atomic E-state index is -3.64. The number of Topliss-reactive ketones (excluding diaryl/α,β-unsaturated/α-hetero) is 1. The van der Waals surface area contributed by atoms with Crippen LogP contribution >= 0.6 is 19.2 Å². The molecule has 0 amide bonds. The molecule has 18 heavy (non-hydrogen) atoms. The normalized spacial score (nSPS) is 13.1. The fraction of sp³-hybridized carbons (Fsp3) is 0.364. The van der Waals surface area contributed by atoms with Gasteiger partial charge in [-0.05, 0) is 25.1 Å². The van der Waals surface area contributed by atoms with Gasteiger partial charge in [-0.15, -0.1) is 0 Å². The van der Waals surface area contributed by atoms with E-state index < -0.39 is 19.2 Å². The summed E-state index contributed by atoms with van der Waals surface area (Å²) in [6.07, 6.45) is 0. The molecule has 0 aromatic heterocycles. The maximum Gasteiger partial charge on any atom is 0.377 e. The van der Waals surface area contributed by atoms with Crippen molar-refractivity contribution in [1.82, 2.24) is 0 Å². The number of carbonyl (C=O) groups excluding carboxylic acids is 1. The Morgan fingerprint density at radius 3 is 2.39 bits per heavy atom. The van der Waals surface area contributed by atoms with Gasteiger partial charge in [-0.3, -0.25) is 9.36 Å². The molecule has 1 rings (SSSR count). The fourth-order valence-electron chi connectivity index (χ4n) is 1.31. The van der Waals surface area contributed by atoms with Gasteiger partial charge >= 0.3 is 7.60 Å². The van der Waals surface area contributed by atoms with E-state index in [9.17, 15) is 9.36 Å². The monoisotopic (exact) mass is 292 g/mol. The minimum Gasteiger partial charge on any atom is -0.470 e. The fourth-order valence-corrected chi connectivity index (χ4v) is 2.71. The van der Waals surface area contributed by atoms with Crippen LogP contribution in [0.3, 0.4) is 0 Å². The Bertz CT molecular complexity index is 468. The van der Waals surface area contributed by atoms with Gasteiger partial charge in [0.05, 0.1) is 0 Å². The maximum absolute atomic E-state index is 12.2. The first kappa shape index (κ1) is 15.2. The molecule has 0 saturated heterocycles. The number of benzene rings is 1. The zero-order chi connectivity index (χ0) is 13.8. The summed E-state index contributed by atoms with van der Waals surface area (Å²) in [6.45, 7) is 1.25. The van der Waals surface area contributed by atoms with E-state index in [-0.39, 0.29) is 0 Å². The van der Waals surface area contributed by atoms with Crippen molar-refractivity contribution in [3.05, 3.63) is 29.3 Å². The molecule has 1 atom stereocenters. The van der Waals surface area contributed by atoms with Crippen molar-refractivity contribution in [1.29, 1.82) is 0 Å². The van der Waals surface area contributed by atoms with Crippen LogP contribution in [-0.2, 0) is 18.4 Å². The van der Waals surface area contributed by atoms with Crippen molar-refractivity contribution in [3.63, 3.8) is 0 Å². The Morgan fingerprint density at radius 1 is 1.33 bits per heavy atom. The van der Waals surface area contributed by atoms with Gasteiger partial charge in [0.25, 0.3) is 5.85 Å². The summed E-state index contributed by atoms with van der Waals surface area (Å²) in [7, 11) is -1.25. The van der Waals surface area contributed by atoms with Crippen LogP contribution in [0.25, 0.3) is 0 Å². The van der Waals surface area contributed by atoms with Gasteiger partial charge < -0.3 is 13.8 Å². The van der Waals surface area contributed by atoms with E-state index >= 15 is 0 Å². The largest absolute Gasteiger partial charge is 0.470 e. The summed E-state index contributed by atoms with van der Waals surface area (Å²) in [5, 5.41) is 0.444. The second-order valence-electron chi connectivity index (χ2n) is 3.44. The van der Waals surface area contributed by atoms with Crippen molar-refractivity contribution >= 4 is 25.0 Å². The molecule has 0 radical (unpaired) electrons. The number of ether oxygens (including phenoxy) is 1. The molecule has 0 fully saturated rings. The Morgan fingerprint density at radius 2 is 1.94 bits per heavy atom. The highest BCUT2D eigenvalue weighted by Gasteiger charge is 2.40. The van der Waals surface area contributed by atoms with Crippen LogP contribution in [0.4, 0.5) is 0 Å². The number of rotatable bonds is 6. The Hall–Kier alpha value is -0.870. The molecule has 1 aromatic carbocycles. The lowest BCUT2D eigenvalue weighted by atomic mass is 10.3. The van der Waals surface area contributed by atoms with Gasteiger partial charge in [0.2, 0.25) is 0 Å². The average Bonchev–Trinajstić information content (AvgIpc) is 2.35. The molecule has 0 spiro atoms. The zero-order valence-corrected chi connectivity index (χ0v) is 11.9. The smallest absolute Gasteiger partial charge is 0.377 e. The minimum absolute atomic E-state index is 0.317. The highest BCUT2D eigenvalue weighted by Crippen LogP contribution is 2.52. The van der Waals surface area contributed by atoms with Gasteiger partial charge in [-0.25, -0.2) is 0 Å². The second-order valence-corrected chi connectivity index (χ2v) is 6.16. The van der Waals surface area contributed by atoms with E-state index in [1.54, 1.807) is 18.2 Å². The van der Waals surface area contributed by atoms with E-state index in [2.05, 4.69) is 0 Å². The van der Waals surface area contributed by atoms with E-state index in [1.165, 1.54) is 27.2 Å². The number of hydrogen-bond donors (Lipinski definition) is 0. The summed E-state index contributed by atoms with van der Waals surface area (Å²) < 4.78 is 27.0. The molecule has 5 nitrogen and oxygen atoms in total. The first-order valence-electron chi connectivity index (χ1n) is 5.07. The van der Waals surface area contributed by atoms with E-state index in [0.29, 0.717) is 10.8 Å². The summed E-state index contributed by atoms with van der Waals surface area (Å²) in [4.78, 5) is 11.5. The van der Waals surface area contributed by atoms with Gasteiger partial charge in [-0.2, -0.15) is 0 Å². The SMILES string of the molecule is COP(=O)(OC)C(Oc1cccc(Cl)c1)C(C)=O. The molecule has 1 aromatic rings. The Balaban J connectivity index is 3.01. The van der Waals surface area contributed by atoms with Crippen molar-refractivity contribution in [3.8, 4) is 5.75 Å². The van der Waals surface area contributed by atoms with Gasteiger partial charge in [0.15, 0.2) is 5.78 Å². The molecule has 7 heteroatoms. The van der Waals surface area contributed by atoms with Crippen molar-refractivity contribution in [2.75, 3.05) is 14.2 Å². The highest BCUT2D eigenvalue weighted by molar-refractivity contribution is 7.55. The van der Waals surface area contributed by atoms with Crippen LogP contribution in [0.2, 0.25) is 5.02 Å². The Labute approximate surface area is 111 Å². The van der Waals surface area contributed by atoms with Crippen LogP contribution in [0, 0.1) is 0 Å². The molecule has 1 unspecified atom stereocenters. The molecule has 0 aliphatic heterocycles. The standard InChI is InChI=1S/C11H14ClO5P/c1-8(13)11(18(14,15-2)16-3)17-10-6-4-5-9(12)7-10/h4-7,11H,1-3H3. The van der Waals surface area contributed by atoms with Crippen molar-refractivity contribution < 1.29 is 23.1 Å². The van der Waals surface area contributed by atoms with Gasteiger partial charge in [0, 0.05) is 19.2 Å². The number of halogens is 1. The molecule has 0 saturated carbocycles. The summed E-state index contributed by atoms with van der Waals surface area (Å²) in [5.41, 5.74) is 0. The third-order valence-electron chi connectivity index (χ3n) is 2.19. The van der Waals surface area contributed by atoms with E-state index in [1.807, 2.05) is 0 Å². The molecule has 0 aliphatic carbocycles. The maximum atomic E-state index is 12.2. The molecule has 100 valence electrons. The molecule has 0 heterocycles. The third-order valence-corrected chi connectivity index (χ3v) is 4.48. The van der Waals surface area contributed by atoms with Crippen LogP contribution < -0.4 is 4.74 Å². The average molecular weight is 293 g/mol. The lowest BCUT2D eigenvalue weighted by molar-refractivity contribution is -0.121. The summed E-state index contributed by atoms with van der Waals surface area (Å²) in [6, 6.07) is 6.41. The van der Waals surface area contributed by atoms with Crippen LogP contribution in [0.5, 0.6) is 5.75 Å². The van der Waals surface area contributed by atoms with Crippen LogP contribution in [0.1, 0.15) is 6.92 Å². The predicted octanol–water partition coefficient (Wildman–Crippen LogP) is 3.12. The molecular weight excluding hydrogens is 279 g/mol. The highest BCUT2D eigenvalue weighted by atomic mass is 35.5. The quantitative estimate of drug-likeness (QED) is 0.754. The molecule has 0 bridgehead atoms. The molecule has 0 N–H and O–H groups in total. The predicted molar refractivity (Wildman–Crippen MR) is 68.2 cm³/mol. The van der Waals surface area contributed by atoms with Crippen molar-refractivity contribution in [2.45, 2.75) is 12.8 Å². The first-order valence-corrected chi connectivity index (χ1v) is 7.06. The lowest BCUT2D eigenvalue weighted by Gasteiger charge is -2.23. The third kappa shape index (κ3) is 3.56. The second kappa shape index (κ2) is 6.34. The van der Waals surface area contributed by atoms with Crippen molar-refractivity contribution in [2.24, 2.45) is 0 Å². The topological polar surface area (TPSA) is 61.8 Å². The summed E-state index contributed by atoms with van der Waals surface area (Å²) >= 11 is 5.79. The Kier molecular flexibility index (Phi) is 5.35. The van der Waals surface area contributed by atoms with Crippen LogP contribution in [0.15, 0.2) is 24.3 Å². The number of carbonyl (C=O) groups is 1.